The molecule has 2 heterocycles. The van der Waals surface area contributed by atoms with Gasteiger partial charge in [0.15, 0.2) is 0 Å². The Hall–Kier alpha value is -1.82. The van der Waals surface area contributed by atoms with Gasteiger partial charge in [0.2, 0.25) is 0 Å². The Labute approximate surface area is 120 Å². The lowest BCUT2D eigenvalue weighted by atomic mass is 10.1. The third-order valence-corrected chi connectivity index (χ3v) is 4.78. The van der Waals surface area contributed by atoms with Gasteiger partial charge in [-0.05, 0) is 42.0 Å². The van der Waals surface area contributed by atoms with Crippen molar-refractivity contribution in [2.75, 3.05) is 23.4 Å². The van der Waals surface area contributed by atoms with E-state index in [0.29, 0.717) is 11.4 Å². The number of anilines is 1. The van der Waals surface area contributed by atoms with Crippen LogP contribution in [0.25, 0.3) is 10.9 Å². The molecule has 6 heteroatoms. The van der Waals surface area contributed by atoms with E-state index in [0.717, 1.165) is 17.6 Å². The molecular formula is C14H15N3O2S. The van der Waals surface area contributed by atoms with Gasteiger partial charge in [0, 0.05) is 29.9 Å². The summed E-state index contributed by atoms with van der Waals surface area (Å²) < 4.78 is 0. The van der Waals surface area contributed by atoms with Crippen molar-refractivity contribution in [3.8, 4) is 0 Å². The summed E-state index contributed by atoms with van der Waals surface area (Å²) in [6.07, 6.45) is 2.83. The summed E-state index contributed by atoms with van der Waals surface area (Å²) in [6.45, 7) is 0.912. The van der Waals surface area contributed by atoms with Crippen LogP contribution in [0.3, 0.4) is 0 Å². The summed E-state index contributed by atoms with van der Waals surface area (Å²) >= 11 is 1.99. The Morgan fingerprint density at radius 1 is 1.45 bits per heavy atom. The van der Waals surface area contributed by atoms with Crippen molar-refractivity contribution < 1.29 is 4.92 Å². The molecule has 3 rings (SSSR count). The number of hydrogen-bond acceptors (Lipinski definition) is 5. The lowest BCUT2D eigenvalue weighted by Gasteiger charge is -2.13. The summed E-state index contributed by atoms with van der Waals surface area (Å²) in [5, 5.41) is 15.3. The second-order valence-corrected chi connectivity index (χ2v) is 6.05. The molecule has 0 radical (unpaired) electrons. The van der Waals surface area contributed by atoms with Crippen LogP contribution in [0, 0.1) is 16.0 Å². The molecule has 1 aromatic heterocycles. The number of nitro groups is 1. The summed E-state index contributed by atoms with van der Waals surface area (Å²) in [4.78, 5) is 14.8. The summed E-state index contributed by atoms with van der Waals surface area (Å²) in [6, 6.07) is 7.00. The number of pyridine rings is 1. The van der Waals surface area contributed by atoms with Crippen LogP contribution in [0.5, 0.6) is 0 Å². The molecule has 2 aromatic rings. The third-order valence-electron chi connectivity index (χ3n) is 3.55. The highest BCUT2D eigenvalue weighted by molar-refractivity contribution is 7.99. The van der Waals surface area contributed by atoms with Crippen molar-refractivity contribution >= 4 is 34.0 Å². The molecule has 1 unspecified atom stereocenters. The van der Waals surface area contributed by atoms with Gasteiger partial charge in [0.1, 0.15) is 5.52 Å². The van der Waals surface area contributed by atoms with E-state index < -0.39 is 0 Å². The standard InChI is InChI=1S/C14H15N3O2S/c18-17(19)13-4-3-12(11-2-1-6-15-14(11)13)16-8-10-5-7-20-9-10/h1-4,6,10,16H,5,7-9H2. The van der Waals surface area contributed by atoms with Crippen molar-refractivity contribution in [3.05, 3.63) is 40.6 Å². The number of nitrogens with zero attached hydrogens (tertiary/aromatic N) is 2. The largest absolute Gasteiger partial charge is 0.384 e. The zero-order chi connectivity index (χ0) is 13.9. The molecule has 20 heavy (non-hydrogen) atoms. The van der Waals surface area contributed by atoms with E-state index >= 15 is 0 Å². The number of fused-ring (bicyclic) bond motifs is 1. The second kappa shape index (κ2) is 5.66. The maximum absolute atomic E-state index is 11.0. The number of thioether (sulfide) groups is 1. The first-order valence-corrected chi connectivity index (χ1v) is 7.75. The summed E-state index contributed by atoms with van der Waals surface area (Å²) in [7, 11) is 0. The number of non-ortho nitro benzene ring substituents is 1. The van der Waals surface area contributed by atoms with Crippen LogP contribution in [0.2, 0.25) is 0 Å². The van der Waals surface area contributed by atoms with Crippen LogP contribution in [0.1, 0.15) is 6.42 Å². The molecule has 0 bridgehead atoms. The molecule has 1 saturated heterocycles. The van der Waals surface area contributed by atoms with Crippen molar-refractivity contribution in [2.24, 2.45) is 5.92 Å². The minimum Gasteiger partial charge on any atom is -0.384 e. The average molecular weight is 289 g/mol. The quantitative estimate of drug-likeness (QED) is 0.691. The second-order valence-electron chi connectivity index (χ2n) is 4.90. The highest BCUT2D eigenvalue weighted by Gasteiger charge is 2.18. The van der Waals surface area contributed by atoms with Crippen LogP contribution >= 0.6 is 11.8 Å². The van der Waals surface area contributed by atoms with E-state index in [4.69, 9.17) is 0 Å². The molecule has 0 amide bonds. The molecule has 1 fully saturated rings. The van der Waals surface area contributed by atoms with E-state index in [2.05, 4.69) is 10.3 Å². The fraction of sp³-hybridized carbons (Fsp3) is 0.357. The number of aromatic nitrogens is 1. The van der Waals surface area contributed by atoms with Crippen LogP contribution in [0.15, 0.2) is 30.5 Å². The Bertz CT molecular complexity index is 641. The molecule has 1 N–H and O–H groups in total. The normalized spacial score (nSPS) is 18.3. The first kappa shape index (κ1) is 13.2. The van der Waals surface area contributed by atoms with Crippen LogP contribution in [-0.2, 0) is 0 Å². The monoisotopic (exact) mass is 289 g/mol. The van der Waals surface area contributed by atoms with Crippen molar-refractivity contribution in [2.45, 2.75) is 6.42 Å². The molecular weight excluding hydrogens is 274 g/mol. The predicted molar refractivity (Wildman–Crippen MR) is 82.3 cm³/mol. The molecule has 1 aliphatic rings. The molecule has 1 aromatic carbocycles. The van der Waals surface area contributed by atoms with Crippen molar-refractivity contribution in [3.63, 3.8) is 0 Å². The van der Waals surface area contributed by atoms with Gasteiger partial charge < -0.3 is 5.32 Å². The summed E-state index contributed by atoms with van der Waals surface area (Å²) in [5.74, 6) is 3.10. The van der Waals surface area contributed by atoms with Crippen LogP contribution < -0.4 is 5.32 Å². The smallest absolute Gasteiger partial charge is 0.295 e. The number of hydrogen-bond donors (Lipinski definition) is 1. The van der Waals surface area contributed by atoms with E-state index in [1.807, 2.05) is 23.9 Å². The van der Waals surface area contributed by atoms with Gasteiger partial charge in [0.05, 0.1) is 4.92 Å². The van der Waals surface area contributed by atoms with Gasteiger partial charge in [-0.1, -0.05) is 0 Å². The van der Waals surface area contributed by atoms with Gasteiger partial charge in [-0.25, -0.2) is 4.98 Å². The van der Waals surface area contributed by atoms with E-state index in [-0.39, 0.29) is 10.6 Å². The SMILES string of the molecule is O=[N+]([O-])c1ccc(NCC2CCSC2)c2cccnc12. The predicted octanol–water partition coefficient (Wildman–Crippen LogP) is 3.31. The minimum absolute atomic E-state index is 0.0579. The molecule has 0 aliphatic carbocycles. The topological polar surface area (TPSA) is 68.1 Å². The lowest BCUT2D eigenvalue weighted by Crippen LogP contribution is -2.13. The maximum atomic E-state index is 11.0. The van der Waals surface area contributed by atoms with E-state index in [1.165, 1.54) is 24.0 Å². The zero-order valence-electron chi connectivity index (χ0n) is 10.9. The lowest BCUT2D eigenvalue weighted by molar-refractivity contribution is -0.383. The molecule has 0 saturated carbocycles. The molecule has 104 valence electrons. The van der Waals surface area contributed by atoms with Gasteiger partial charge in [-0.15, -0.1) is 0 Å². The van der Waals surface area contributed by atoms with Crippen LogP contribution in [-0.4, -0.2) is 28.0 Å². The Morgan fingerprint density at radius 2 is 2.35 bits per heavy atom. The van der Waals surface area contributed by atoms with Crippen LogP contribution in [0.4, 0.5) is 11.4 Å². The Kier molecular flexibility index (Phi) is 3.73. The number of nitrogens with one attached hydrogen (secondary N) is 1. The Balaban J connectivity index is 1.91. The van der Waals surface area contributed by atoms with Crippen molar-refractivity contribution in [1.82, 2.24) is 4.98 Å². The first-order valence-electron chi connectivity index (χ1n) is 6.59. The molecule has 1 atom stereocenters. The summed E-state index contributed by atoms with van der Waals surface area (Å²) in [5.41, 5.74) is 1.43. The zero-order valence-corrected chi connectivity index (χ0v) is 11.7. The third kappa shape index (κ3) is 2.56. The van der Waals surface area contributed by atoms with E-state index in [1.54, 1.807) is 12.3 Å². The average Bonchev–Trinajstić information content (AvgIpc) is 2.97. The van der Waals surface area contributed by atoms with Crippen molar-refractivity contribution in [1.29, 1.82) is 0 Å². The highest BCUT2D eigenvalue weighted by Crippen LogP contribution is 2.30. The maximum Gasteiger partial charge on any atom is 0.295 e. The van der Waals surface area contributed by atoms with Gasteiger partial charge in [0.25, 0.3) is 5.69 Å². The number of rotatable bonds is 4. The Morgan fingerprint density at radius 3 is 3.10 bits per heavy atom. The number of benzene rings is 1. The van der Waals surface area contributed by atoms with Gasteiger partial charge in [-0.2, -0.15) is 11.8 Å². The van der Waals surface area contributed by atoms with E-state index in [9.17, 15) is 10.1 Å². The highest BCUT2D eigenvalue weighted by atomic mass is 32.2. The molecule has 1 aliphatic heterocycles. The first-order chi connectivity index (χ1) is 9.75. The molecule has 5 nitrogen and oxygen atoms in total. The number of nitro benzene ring substituents is 1. The van der Waals surface area contributed by atoms with Gasteiger partial charge in [-0.3, -0.25) is 10.1 Å². The molecule has 0 spiro atoms. The minimum atomic E-state index is -0.382. The fourth-order valence-corrected chi connectivity index (χ4v) is 3.74. The fourth-order valence-electron chi connectivity index (χ4n) is 2.46. The van der Waals surface area contributed by atoms with Gasteiger partial charge >= 0.3 is 0 Å².